The second-order valence-electron chi connectivity index (χ2n) is 6.67. The Kier molecular flexibility index (Phi) is 6.30. The monoisotopic (exact) mass is 281 g/mol. The van der Waals surface area contributed by atoms with Gasteiger partial charge in [-0.3, -0.25) is 4.79 Å². The summed E-state index contributed by atoms with van der Waals surface area (Å²) in [5, 5.41) is 3.13. The lowest BCUT2D eigenvalue weighted by Gasteiger charge is -2.25. The van der Waals surface area contributed by atoms with Crippen LogP contribution in [-0.2, 0) is 4.79 Å². The van der Waals surface area contributed by atoms with Crippen molar-refractivity contribution in [3.8, 4) is 0 Å². The van der Waals surface area contributed by atoms with E-state index in [9.17, 15) is 4.79 Å². The van der Waals surface area contributed by atoms with Crippen molar-refractivity contribution in [3.63, 3.8) is 0 Å². The molecule has 0 aromatic heterocycles. The molecule has 0 radical (unpaired) electrons. The van der Waals surface area contributed by atoms with Gasteiger partial charge in [0.1, 0.15) is 0 Å². The Morgan fingerprint density at radius 2 is 1.95 bits per heavy atom. The molecule has 2 rings (SSSR count). The van der Waals surface area contributed by atoms with Gasteiger partial charge in [0.15, 0.2) is 0 Å². The second-order valence-corrected chi connectivity index (χ2v) is 6.67. The van der Waals surface area contributed by atoms with Crippen LogP contribution in [0.25, 0.3) is 0 Å². The van der Waals surface area contributed by atoms with E-state index >= 15 is 0 Å². The summed E-state index contributed by atoms with van der Waals surface area (Å²) < 4.78 is 0. The first kappa shape index (κ1) is 15.8. The summed E-state index contributed by atoms with van der Waals surface area (Å²) in [6, 6.07) is 0.406. The molecule has 1 atom stereocenters. The molecule has 0 aromatic carbocycles. The third-order valence-corrected chi connectivity index (χ3v) is 5.08. The summed E-state index contributed by atoms with van der Waals surface area (Å²) in [4.78, 5) is 14.4. The van der Waals surface area contributed by atoms with Crippen molar-refractivity contribution in [3.05, 3.63) is 0 Å². The first-order chi connectivity index (χ1) is 9.67. The van der Waals surface area contributed by atoms with Crippen LogP contribution in [-0.4, -0.2) is 43.0 Å². The van der Waals surface area contributed by atoms with E-state index in [0.29, 0.717) is 18.4 Å². The molecule has 0 bridgehead atoms. The molecule has 116 valence electrons. The molecule has 20 heavy (non-hydrogen) atoms. The van der Waals surface area contributed by atoms with Gasteiger partial charge in [-0.05, 0) is 63.5 Å². The van der Waals surface area contributed by atoms with Gasteiger partial charge in [0.05, 0.1) is 0 Å². The molecule has 4 nitrogen and oxygen atoms in total. The zero-order chi connectivity index (χ0) is 14.4. The Balaban J connectivity index is 1.54. The fraction of sp³-hybridized carbons (Fsp3) is 0.938. The van der Waals surface area contributed by atoms with Gasteiger partial charge in [0.2, 0.25) is 5.91 Å². The lowest BCUT2D eigenvalue weighted by molar-refractivity contribution is -0.121. The highest BCUT2D eigenvalue weighted by Crippen LogP contribution is 2.26. The van der Waals surface area contributed by atoms with Gasteiger partial charge in [-0.2, -0.15) is 0 Å². The predicted molar refractivity (Wildman–Crippen MR) is 82.4 cm³/mol. The maximum Gasteiger partial charge on any atom is 0.220 e. The van der Waals surface area contributed by atoms with Crippen LogP contribution in [0.2, 0.25) is 0 Å². The molecule has 1 aliphatic heterocycles. The Morgan fingerprint density at radius 3 is 2.60 bits per heavy atom. The first-order valence-corrected chi connectivity index (χ1v) is 8.42. The normalized spacial score (nSPS) is 31.4. The van der Waals surface area contributed by atoms with Crippen LogP contribution >= 0.6 is 0 Å². The Hall–Kier alpha value is -0.610. The SMILES string of the molecule is CCN1CCC(CNC(=O)CCC2CCC(N)CC2)C1. The topological polar surface area (TPSA) is 58.4 Å². The molecule has 1 amide bonds. The summed E-state index contributed by atoms with van der Waals surface area (Å²) in [7, 11) is 0. The number of nitrogens with one attached hydrogen (secondary N) is 1. The lowest BCUT2D eigenvalue weighted by atomic mass is 9.84. The van der Waals surface area contributed by atoms with Gasteiger partial charge in [0.25, 0.3) is 0 Å². The first-order valence-electron chi connectivity index (χ1n) is 8.42. The molecule has 4 heteroatoms. The predicted octanol–water partition coefficient (Wildman–Crippen LogP) is 1.74. The molecule has 0 spiro atoms. The molecule has 0 aromatic rings. The molecule has 1 saturated carbocycles. The third-order valence-electron chi connectivity index (χ3n) is 5.08. The molecular formula is C16H31N3O. The van der Waals surface area contributed by atoms with Crippen molar-refractivity contribution in [1.29, 1.82) is 0 Å². The van der Waals surface area contributed by atoms with E-state index in [2.05, 4.69) is 17.1 Å². The number of rotatable bonds is 6. The minimum atomic E-state index is 0.245. The van der Waals surface area contributed by atoms with Crippen molar-refractivity contribution >= 4 is 5.91 Å². The van der Waals surface area contributed by atoms with E-state index in [1.807, 2.05) is 0 Å². The number of hydrogen-bond donors (Lipinski definition) is 2. The van der Waals surface area contributed by atoms with Gasteiger partial charge < -0.3 is 16.0 Å². The number of hydrogen-bond acceptors (Lipinski definition) is 3. The quantitative estimate of drug-likeness (QED) is 0.780. The van der Waals surface area contributed by atoms with Crippen molar-refractivity contribution in [1.82, 2.24) is 10.2 Å². The average Bonchev–Trinajstić information content (AvgIpc) is 2.92. The molecule has 2 fully saturated rings. The van der Waals surface area contributed by atoms with Gasteiger partial charge in [-0.15, -0.1) is 0 Å². The number of amides is 1. The van der Waals surface area contributed by atoms with Crippen molar-refractivity contribution < 1.29 is 4.79 Å². The van der Waals surface area contributed by atoms with Gasteiger partial charge in [-0.1, -0.05) is 6.92 Å². The Morgan fingerprint density at radius 1 is 1.20 bits per heavy atom. The maximum absolute atomic E-state index is 11.9. The highest BCUT2D eigenvalue weighted by molar-refractivity contribution is 5.75. The molecule has 3 N–H and O–H groups in total. The highest BCUT2D eigenvalue weighted by Gasteiger charge is 2.22. The molecule has 1 unspecified atom stereocenters. The van der Waals surface area contributed by atoms with Gasteiger partial charge in [0, 0.05) is 25.6 Å². The zero-order valence-corrected chi connectivity index (χ0v) is 12.9. The number of nitrogens with zero attached hydrogens (tertiary/aromatic N) is 1. The van der Waals surface area contributed by atoms with Crippen LogP contribution in [0.1, 0.15) is 51.9 Å². The fourth-order valence-electron chi connectivity index (χ4n) is 3.53. The lowest BCUT2D eigenvalue weighted by Crippen LogP contribution is -2.31. The summed E-state index contributed by atoms with van der Waals surface area (Å²) in [5.41, 5.74) is 5.91. The van der Waals surface area contributed by atoms with Crippen LogP contribution in [0.15, 0.2) is 0 Å². The molecule has 1 heterocycles. The van der Waals surface area contributed by atoms with E-state index in [-0.39, 0.29) is 5.91 Å². The van der Waals surface area contributed by atoms with E-state index in [1.54, 1.807) is 0 Å². The zero-order valence-electron chi connectivity index (χ0n) is 12.9. The minimum Gasteiger partial charge on any atom is -0.356 e. The second kappa shape index (κ2) is 7.99. The number of likely N-dealkylation sites (tertiary alicyclic amines) is 1. The summed E-state index contributed by atoms with van der Waals surface area (Å²) in [6.07, 6.45) is 7.68. The van der Waals surface area contributed by atoms with E-state index in [0.717, 1.165) is 44.8 Å². The largest absolute Gasteiger partial charge is 0.356 e. The average molecular weight is 281 g/mol. The molecule has 1 aliphatic carbocycles. The van der Waals surface area contributed by atoms with Crippen LogP contribution in [0, 0.1) is 11.8 Å². The van der Waals surface area contributed by atoms with Crippen molar-refractivity contribution in [2.75, 3.05) is 26.2 Å². The Labute approximate surface area is 123 Å². The van der Waals surface area contributed by atoms with Crippen LogP contribution in [0.4, 0.5) is 0 Å². The fourth-order valence-corrected chi connectivity index (χ4v) is 3.53. The van der Waals surface area contributed by atoms with Crippen molar-refractivity contribution in [2.45, 2.75) is 57.9 Å². The van der Waals surface area contributed by atoms with E-state index in [1.165, 1.54) is 25.8 Å². The molecular weight excluding hydrogens is 250 g/mol. The van der Waals surface area contributed by atoms with Crippen LogP contribution in [0.5, 0.6) is 0 Å². The number of carbonyl (C=O) groups excluding carboxylic acids is 1. The standard InChI is InChI=1S/C16H31N3O/c1-2-19-10-9-14(12-19)11-18-16(20)8-5-13-3-6-15(17)7-4-13/h13-15H,2-12,17H2,1H3,(H,18,20). The summed E-state index contributed by atoms with van der Waals surface area (Å²) >= 11 is 0. The highest BCUT2D eigenvalue weighted by atomic mass is 16.1. The van der Waals surface area contributed by atoms with E-state index < -0.39 is 0 Å². The van der Waals surface area contributed by atoms with Crippen LogP contribution < -0.4 is 11.1 Å². The van der Waals surface area contributed by atoms with Gasteiger partial charge in [-0.25, -0.2) is 0 Å². The van der Waals surface area contributed by atoms with Crippen molar-refractivity contribution in [2.24, 2.45) is 17.6 Å². The molecule has 2 aliphatic rings. The number of nitrogens with two attached hydrogens (primary N) is 1. The van der Waals surface area contributed by atoms with Gasteiger partial charge >= 0.3 is 0 Å². The van der Waals surface area contributed by atoms with Crippen LogP contribution in [0.3, 0.4) is 0 Å². The maximum atomic E-state index is 11.9. The summed E-state index contributed by atoms with van der Waals surface area (Å²) in [5.74, 6) is 1.63. The summed E-state index contributed by atoms with van der Waals surface area (Å²) in [6.45, 7) is 6.55. The third kappa shape index (κ3) is 5.06. The Bertz CT molecular complexity index is 292. The minimum absolute atomic E-state index is 0.245. The van der Waals surface area contributed by atoms with E-state index in [4.69, 9.17) is 5.73 Å². The molecule has 1 saturated heterocycles. The number of carbonyl (C=O) groups is 1. The smallest absolute Gasteiger partial charge is 0.220 e.